The molecule has 0 unspecified atom stereocenters. The van der Waals surface area contributed by atoms with E-state index in [2.05, 4.69) is 20.9 Å². The van der Waals surface area contributed by atoms with E-state index in [0.717, 1.165) is 17.7 Å². The van der Waals surface area contributed by atoms with Crippen molar-refractivity contribution >= 4 is 41.5 Å². The molecule has 0 spiro atoms. The Bertz CT molecular complexity index is 1050. The minimum Gasteiger partial charge on any atom is -0.493 e. The fraction of sp³-hybridized carbons (Fsp3) is 0.250. The molecule has 33 heavy (non-hydrogen) atoms. The molecule has 0 radical (unpaired) electrons. The van der Waals surface area contributed by atoms with E-state index in [0.29, 0.717) is 36.2 Å². The molecule has 0 aliphatic heterocycles. The number of nitrogens with zero attached hydrogens (tertiary/aromatic N) is 1. The van der Waals surface area contributed by atoms with E-state index >= 15 is 0 Å². The van der Waals surface area contributed by atoms with Crippen LogP contribution in [0.4, 0.5) is 5.69 Å². The molecule has 3 rings (SSSR count). The van der Waals surface area contributed by atoms with Crippen LogP contribution < -0.4 is 25.4 Å². The van der Waals surface area contributed by atoms with E-state index in [1.807, 2.05) is 49.4 Å². The van der Waals surface area contributed by atoms with Crippen molar-refractivity contribution in [2.24, 2.45) is 4.99 Å². The molecule has 0 bridgehead atoms. The number of methoxy groups -OCH3 is 2. The van der Waals surface area contributed by atoms with Gasteiger partial charge < -0.3 is 29.8 Å². The van der Waals surface area contributed by atoms with Crippen molar-refractivity contribution in [2.45, 2.75) is 20.0 Å². The highest BCUT2D eigenvalue weighted by molar-refractivity contribution is 14.0. The Morgan fingerprint density at radius 1 is 0.970 bits per heavy atom. The predicted octanol–water partition coefficient (Wildman–Crippen LogP) is 4.42. The van der Waals surface area contributed by atoms with Gasteiger partial charge in [-0.3, -0.25) is 4.79 Å². The Morgan fingerprint density at radius 2 is 1.79 bits per heavy atom. The largest absolute Gasteiger partial charge is 0.493 e. The van der Waals surface area contributed by atoms with Gasteiger partial charge in [-0.05, 0) is 54.4 Å². The van der Waals surface area contributed by atoms with Crippen molar-refractivity contribution in [1.29, 1.82) is 0 Å². The first kappa shape index (κ1) is 26.0. The van der Waals surface area contributed by atoms with Crippen molar-refractivity contribution < 1.29 is 18.7 Å². The fourth-order valence-electron chi connectivity index (χ4n) is 3.04. The van der Waals surface area contributed by atoms with E-state index < -0.39 is 0 Å². The van der Waals surface area contributed by atoms with E-state index in [4.69, 9.17) is 13.9 Å². The predicted molar refractivity (Wildman–Crippen MR) is 140 cm³/mol. The van der Waals surface area contributed by atoms with Crippen LogP contribution in [0.5, 0.6) is 11.5 Å². The maximum absolute atomic E-state index is 12.2. The lowest BCUT2D eigenvalue weighted by molar-refractivity contribution is 0.0996. The molecule has 0 atom stereocenters. The summed E-state index contributed by atoms with van der Waals surface area (Å²) in [5, 5.41) is 9.39. The van der Waals surface area contributed by atoms with Gasteiger partial charge in [0.05, 0.1) is 27.0 Å². The molecule has 3 N–H and O–H groups in total. The maximum atomic E-state index is 12.2. The molecule has 3 aromatic rings. The number of amides is 1. The molecule has 8 nitrogen and oxygen atoms in total. The van der Waals surface area contributed by atoms with Crippen molar-refractivity contribution in [3.05, 3.63) is 77.7 Å². The Kier molecular flexibility index (Phi) is 10.5. The topological polar surface area (TPSA) is 97.1 Å². The van der Waals surface area contributed by atoms with Crippen LogP contribution in [-0.4, -0.2) is 32.6 Å². The second-order valence-electron chi connectivity index (χ2n) is 6.87. The number of nitrogens with one attached hydrogen (secondary N) is 3. The molecular formula is C24H29IN4O4. The molecular weight excluding hydrogens is 535 g/mol. The number of hydrogen-bond donors (Lipinski definition) is 3. The van der Waals surface area contributed by atoms with Crippen LogP contribution in [0.2, 0.25) is 0 Å². The summed E-state index contributed by atoms with van der Waals surface area (Å²) >= 11 is 0. The molecule has 2 aromatic carbocycles. The highest BCUT2D eigenvalue weighted by Crippen LogP contribution is 2.27. The second-order valence-corrected chi connectivity index (χ2v) is 6.87. The van der Waals surface area contributed by atoms with Crippen molar-refractivity contribution in [2.75, 3.05) is 26.1 Å². The normalized spacial score (nSPS) is 10.7. The SMILES string of the molecule is CCNC(=NCc1cccc(NC(=O)c2ccco2)c1)NCc1ccc(OC)c(OC)c1.I. The minimum absolute atomic E-state index is 0. The highest BCUT2D eigenvalue weighted by atomic mass is 127. The number of aliphatic imine (C=N–C) groups is 1. The smallest absolute Gasteiger partial charge is 0.291 e. The lowest BCUT2D eigenvalue weighted by Crippen LogP contribution is -2.36. The van der Waals surface area contributed by atoms with Crippen LogP contribution in [0.25, 0.3) is 0 Å². The van der Waals surface area contributed by atoms with Crippen molar-refractivity contribution in [3.8, 4) is 11.5 Å². The zero-order valence-electron chi connectivity index (χ0n) is 18.9. The summed E-state index contributed by atoms with van der Waals surface area (Å²) in [5.41, 5.74) is 2.68. The first-order valence-corrected chi connectivity index (χ1v) is 10.3. The average Bonchev–Trinajstić information content (AvgIpc) is 3.36. The van der Waals surface area contributed by atoms with Crippen LogP contribution in [-0.2, 0) is 13.1 Å². The van der Waals surface area contributed by atoms with Gasteiger partial charge in [0.15, 0.2) is 23.2 Å². The Hall–Kier alpha value is -3.21. The number of benzene rings is 2. The highest BCUT2D eigenvalue weighted by Gasteiger charge is 2.09. The molecule has 176 valence electrons. The first-order chi connectivity index (χ1) is 15.6. The first-order valence-electron chi connectivity index (χ1n) is 10.3. The third-order valence-electron chi connectivity index (χ3n) is 4.60. The number of furan rings is 1. The van der Waals surface area contributed by atoms with Gasteiger partial charge in [-0.15, -0.1) is 24.0 Å². The fourth-order valence-corrected chi connectivity index (χ4v) is 3.04. The number of rotatable bonds is 9. The summed E-state index contributed by atoms with van der Waals surface area (Å²) in [7, 11) is 3.23. The standard InChI is InChI=1S/C24H28N4O4.HI/c1-4-25-24(27-16-18-10-11-20(30-2)22(14-18)31-3)26-15-17-7-5-8-19(13-17)28-23(29)21-9-6-12-32-21;/h5-14H,4,15-16H2,1-3H3,(H,28,29)(H2,25,26,27);1H. The van der Waals surface area contributed by atoms with Crippen LogP contribution in [0.3, 0.4) is 0 Å². The molecule has 1 heterocycles. The number of anilines is 1. The second kappa shape index (κ2) is 13.4. The lowest BCUT2D eigenvalue weighted by Gasteiger charge is -2.13. The number of hydrogen-bond acceptors (Lipinski definition) is 5. The summed E-state index contributed by atoms with van der Waals surface area (Å²) in [4.78, 5) is 16.8. The van der Waals surface area contributed by atoms with Gasteiger partial charge in [-0.2, -0.15) is 0 Å². The van der Waals surface area contributed by atoms with Gasteiger partial charge in [0.25, 0.3) is 5.91 Å². The molecule has 0 saturated heterocycles. The molecule has 0 fully saturated rings. The number of guanidine groups is 1. The van der Waals surface area contributed by atoms with Gasteiger partial charge >= 0.3 is 0 Å². The maximum Gasteiger partial charge on any atom is 0.291 e. The molecule has 9 heteroatoms. The zero-order chi connectivity index (χ0) is 22.8. The van der Waals surface area contributed by atoms with E-state index in [-0.39, 0.29) is 35.6 Å². The Morgan fingerprint density at radius 3 is 2.48 bits per heavy atom. The van der Waals surface area contributed by atoms with Gasteiger partial charge in [-0.25, -0.2) is 4.99 Å². The van der Waals surface area contributed by atoms with E-state index in [9.17, 15) is 4.79 Å². The summed E-state index contributed by atoms with van der Waals surface area (Å²) in [5.74, 6) is 2.04. The number of carbonyl (C=O) groups excluding carboxylic acids is 1. The lowest BCUT2D eigenvalue weighted by atomic mass is 10.2. The minimum atomic E-state index is -0.291. The molecule has 1 aromatic heterocycles. The monoisotopic (exact) mass is 564 g/mol. The average molecular weight is 564 g/mol. The number of ether oxygens (including phenoxy) is 2. The summed E-state index contributed by atoms with van der Waals surface area (Å²) in [6.07, 6.45) is 1.47. The summed E-state index contributed by atoms with van der Waals surface area (Å²) in [6, 6.07) is 16.6. The zero-order valence-corrected chi connectivity index (χ0v) is 21.2. The van der Waals surface area contributed by atoms with Gasteiger partial charge in [0, 0.05) is 18.8 Å². The molecule has 1 amide bonds. The van der Waals surface area contributed by atoms with Gasteiger partial charge in [0.1, 0.15) is 0 Å². The molecule has 0 saturated carbocycles. The number of carbonyl (C=O) groups is 1. The van der Waals surface area contributed by atoms with E-state index in [1.165, 1.54) is 6.26 Å². The van der Waals surface area contributed by atoms with Crippen LogP contribution >= 0.6 is 24.0 Å². The third kappa shape index (κ3) is 7.70. The molecule has 0 aliphatic carbocycles. The van der Waals surface area contributed by atoms with Gasteiger partial charge in [-0.1, -0.05) is 18.2 Å². The van der Waals surface area contributed by atoms with Gasteiger partial charge in [0.2, 0.25) is 0 Å². The van der Waals surface area contributed by atoms with Crippen LogP contribution in [0.15, 0.2) is 70.3 Å². The number of halogens is 1. The molecule has 0 aliphatic rings. The van der Waals surface area contributed by atoms with E-state index in [1.54, 1.807) is 26.4 Å². The Balaban J connectivity index is 0.00000385. The van der Waals surface area contributed by atoms with Crippen LogP contribution in [0.1, 0.15) is 28.6 Å². The Labute approximate surface area is 210 Å². The summed E-state index contributed by atoms with van der Waals surface area (Å²) in [6.45, 7) is 3.77. The summed E-state index contributed by atoms with van der Waals surface area (Å²) < 4.78 is 15.8. The van der Waals surface area contributed by atoms with Crippen LogP contribution in [0, 0.1) is 0 Å². The van der Waals surface area contributed by atoms with Crippen molar-refractivity contribution in [3.63, 3.8) is 0 Å². The quantitative estimate of drug-likeness (QED) is 0.202. The third-order valence-corrected chi connectivity index (χ3v) is 4.60. The van der Waals surface area contributed by atoms with Crippen molar-refractivity contribution in [1.82, 2.24) is 10.6 Å².